The van der Waals surface area contributed by atoms with Crippen LogP contribution in [0, 0.1) is 0 Å². The van der Waals surface area contributed by atoms with Crippen molar-refractivity contribution in [3.05, 3.63) is 49.0 Å². The quantitative estimate of drug-likeness (QED) is 0.698. The number of methoxy groups -OCH3 is 1. The van der Waals surface area contributed by atoms with Crippen LogP contribution in [-0.2, 0) is 6.42 Å². The van der Waals surface area contributed by atoms with E-state index in [0.29, 0.717) is 6.04 Å². The summed E-state index contributed by atoms with van der Waals surface area (Å²) >= 11 is 8.87. The van der Waals surface area contributed by atoms with Crippen molar-refractivity contribution in [2.24, 2.45) is 0 Å². The molecule has 0 aliphatic rings. The van der Waals surface area contributed by atoms with Crippen LogP contribution in [0.2, 0.25) is 0 Å². The first-order valence-corrected chi connectivity index (χ1v) is 8.85. The van der Waals surface area contributed by atoms with Crippen molar-refractivity contribution >= 4 is 43.2 Å². The number of ether oxygens (including phenoxy) is 1. The highest BCUT2D eigenvalue weighted by Gasteiger charge is 2.14. The second kappa shape index (κ2) is 7.59. The van der Waals surface area contributed by atoms with Crippen LogP contribution in [0.5, 0.6) is 5.75 Å². The molecule has 0 aliphatic carbocycles. The molecule has 0 spiro atoms. The SMILES string of the molecule is CCNC(Cc1ccc(Br)s1)c1ccc(OC)c(Br)c1. The molecule has 0 aliphatic heterocycles. The molecule has 1 unspecified atom stereocenters. The summed E-state index contributed by atoms with van der Waals surface area (Å²) in [6.45, 7) is 3.08. The number of halogens is 2. The third-order valence-corrected chi connectivity index (χ3v) is 5.33. The van der Waals surface area contributed by atoms with E-state index >= 15 is 0 Å². The highest BCUT2D eigenvalue weighted by atomic mass is 79.9. The van der Waals surface area contributed by atoms with E-state index in [1.165, 1.54) is 14.2 Å². The zero-order chi connectivity index (χ0) is 14.5. The lowest BCUT2D eigenvalue weighted by Gasteiger charge is -2.18. The van der Waals surface area contributed by atoms with Gasteiger partial charge in [-0.25, -0.2) is 0 Å². The molecular formula is C15H17Br2NOS. The lowest BCUT2D eigenvalue weighted by atomic mass is 10.0. The minimum Gasteiger partial charge on any atom is -0.496 e. The van der Waals surface area contributed by atoms with Gasteiger partial charge in [0.25, 0.3) is 0 Å². The Kier molecular flexibility index (Phi) is 6.08. The molecular weight excluding hydrogens is 402 g/mol. The molecule has 5 heteroatoms. The minimum absolute atomic E-state index is 0.313. The van der Waals surface area contributed by atoms with Crippen molar-refractivity contribution in [1.82, 2.24) is 5.32 Å². The fraction of sp³-hybridized carbons (Fsp3) is 0.333. The van der Waals surface area contributed by atoms with E-state index in [2.05, 4.69) is 68.4 Å². The molecule has 0 bridgehead atoms. The van der Waals surface area contributed by atoms with E-state index in [0.717, 1.165) is 23.2 Å². The largest absolute Gasteiger partial charge is 0.496 e. The molecule has 0 saturated heterocycles. The topological polar surface area (TPSA) is 21.3 Å². The Bertz CT molecular complexity index is 571. The fourth-order valence-corrected chi connectivity index (χ4v) is 4.20. The summed E-state index contributed by atoms with van der Waals surface area (Å²) < 4.78 is 7.46. The number of thiophene rings is 1. The van der Waals surface area contributed by atoms with Gasteiger partial charge in [0.05, 0.1) is 15.4 Å². The number of nitrogens with one attached hydrogen (secondary N) is 1. The van der Waals surface area contributed by atoms with Crippen LogP contribution in [0.25, 0.3) is 0 Å². The second-order valence-corrected chi connectivity index (χ2v) is 7.82. The predicted molar refractivity (Wildman–Crippen MR) is 92.8 cm³/mol. The zero-order valence-corrected chi connectivity index (χ0v) is 15.4. The van der Waals surface area contributed by atoms with E-state index in [1.54, 1.807) is 18.4 Å². The standard InChI is InChI=1S/C15H17Br2NOS/c1-3-18-13(9-11-5-7-15(17)20-11)10-4-6-14(19-2)12(16)8-10/h4-8,13,18H,3,9H2,1-2H3. The van der Waals surface area contributed by atoms with Gasteiger partial charge in [-0.1, -0.05) is 13.0 Å². The monoisotopic (exact) mass is 417 g/mol. The Morgan fingerprint density at radius 1 is 1.25 bits per heavy atom. The molecule has 2 aromatic rings. The highest BCUT2D eigenvalue weighted by molar-refractivity contribution is 9.11. The van der Waals surface area contributed by atoms with Crippen LogP contribution in [0.4, 0.5) is 0 Å². The second-order valence-electron chi connectivity index (χ2n) is 4.41. The minimum atomic E-state index is 0.313. The maximum atomic E-state index is 5.29. The first kappa shape index (κ1) is 16.0. The molecule has 1 aromatic heterocycles. The van der Waals surface area contributed by atoms with E-state index < -0.39 is 0 Å². The van der Waals surface area contributed by atoms with Crippen molar-refractivity contribution in [2.75, 3.05) is 13.7 Å². The normalized spacial score (nSPS) is 12.4. The van der Waals surface area contributed by atoms with Gasteiger partial charge in [0, 0.05) is 17.3 Å². The average Bonchev–Trinajstić information content (AvgIpc) is 2.83. The van der Waals surface area contributed by atoms with E-state index in [9.17, 15) is 0 Å². The lowest BCUT2D eigenvalue weighted by Crippen LogP contribution is -2.22. The Morgan fingerprint density at radius 3 is 2.60 bits per heavy atom. The summed E-state index contributed by atoms with van der Waals surface area (Å²) in [6, 6.07) is 10.9. The van der Waals surface area contributed by atoms with Crippen LogP contribution in [0.1, 0.15) is 23.4 Å². The number of benzene rings is 1. The number of likely N-dealkylation sites (N-methyl/N-ethyl adjacent to an activating group) is 1. The lowest BCUT2D eigenvalue weighted by molar-refractivity contribution is 0.411. The highest BCUT2D eigenvalue weighted by Crippen LogP contribution is 2.31. The molecule has 0 fully saturated rings. The number of rotatable bonds is 6. The van der Waals surface area contributed by atoms with Gasteiger partial charge in [-0.15, -0.1) is 11.3 Å². The first-order valence-electron chi connectivity index (χ1n) is 6.45. The number of hydrogen-bond acceptors (Lipinski definition) is 3. The van der Waals surface area contributed by atoms with Crippen molar-refractivity contribution in [3.63, 3.8) is 0 Å². The maximum absolute atomic E-state index is 5.29. The molecule has 0 amide bonds. The van der Waals surface area contributed by atoms with Crippen LogP contribution in [0.15, 0.2) is 38.6 Å². The molecule has 2 nitrogen and oxygen atoms in total. The van der Waals surface area contributed by atoms with E-state index in [-0.39, 0.29) is 0 Å². The molecule has 1 heterocycles. The van der Waals surface area contributed by atoms with Crippen LogP contribution >= 0.6 is 43.2 Å². The van der Waals surface area contributed by atoms with Gasteiger partial charge in [0.15, 0.2) is 0 Å². The van der Waals surface area contributed by atoms with Crippen LogP contribution in [0.3, 0.4) is 0 Å². The maximum Gasteiger partial charge on any atom is 0.133 e. The fourth-order valence-electron chi connectivity index (χ4n) is 2.12. The summed E-state index contributed by atoms with van der Waals surface area (Å²) in [5.74, 6) is 0.864. The van der Waals surface area contributed by atoms with Gasteiger partial charge in [-0.3, -0.25) is 0 Å². The zero-order valence-electron chi connectivity index (χ0n) is 11.5. The molecule has 1 aromatic carbocycles. The third kappa shape index (κ3) is 4.07. The van der Waals surface area contributed by atoms with Gasteiger partial charge in [-0.2, -0.15) is 0 Å². The van der Waals surface area contributed by atoms with Crippen LogP contribution < -0.4 is 10.1 Å². The van der Waals surface area contributed by atoms with E-state index in [4.69, 9.17) is 4.74 Å². The smallest absolute Gasteiger partial charge is 0.133 e. The summed E-state index contributed by atoms with van der Waals surface area (Å²) in [4.78, 5) is 1.37. The first-order chi connectivity index (χ1) is 9.63. The van der Waals surface area contributed by atoms with Crippen molar-refractivity contribution in [1.29, 1.82) is 0 Å². The van der Waals surface area contributed by atoms with Gasteiger partial charge in [-0.05, 0) is 68.2 Å². The Morgan fingerprint density at radius 2 is 2.05 bits per heavy atom. The van der Waals surface area contributed by atoms with Crippen molar-refractivity contribution in [3.8, 4) is 5.75 Å². The Labute approximate surface area is 140 Å². The summed E-state index contributed by atoms with van der Waals surface area (Å²) in [6.07, 6.45) is 0.989. The molecule has 0 saturated carbocycles. The molecule has 1 N–H and O–H groups in total. The predicted octanol–water partition coefficient (Wildman–Crippen LogP) is 5.18. The third-order valence-electron chi connectivity index (χ3n) is 3.06. The van der Waals surface area contributed by atoms with Gasteiger partial charge < -0.3 is 10.1 Å². The van der Waals surface area contributed by atoms with Gasteiger partial charge in [0.2, 0.25) is 0 Å². The molecule has 1 atom stereocenters. The van der Waals surface area contributed by atoms with E-state index in [1.807, 2.05) is 6.07 Å². The molecule has 20 heavy (non-hydrogen) atoms. The molecule has 2 rings (SSSR count). The summed E-state index contributed by atoms with van der Waals surface area (Å²) in [5, 5.41) is 3.55. The number of hydrogen-bond donors (Lipinski definition) is 1. The Balaban J connectivity index is 2.21. The average molecular weight is 419 g/mol. The molecule has 0 radical (unpaired) electrons. The van der Waals surface area contributed by atoms with Crippen LogP contribution in [-0.4, -0.2) is 13.7 Å². The van der Waals surface area contributed by atoms with Crippen molar-refractivity contribution in [2.45, 2.75) is 19.4 Å². The van der Waals surface area contributed by atoms with Crippen molar-refractivity contribution < 1.29 is 4.74 Å². The Hall–Kier alpha value is -0.360. The van der Waals surface area contributed by atoms with Gasteiger partial charge >= 0.3 is 0 Å². The molecule has 108 valence electrons. The van der Waals surface area contributed by atoms with Gasteiger partial charge in [0.1, 0.15) is 5.75 Å². The summed E-state index contributed by atoms with van der Waals surface area (Å²) in [5.41, 5.74) is 1.27. The summed E-state index contributed by atoms with van der Waals surface area (Å²) in [7, 11) is 1.69.